The molecule has 124 valence electrons. The summed E-state index contributed by atoms with van der Waals surface area (Å²) >= 11 is 0. The van der Waals surface area contributed by atoms with Gasteiger partial charge in [0.25, 0.3) is 5.89 Å². The van der Waals surface area contributed by atoms with Crippen LogP contribution in [0.2, 0.25) is 0 Å². The fourth-order valence-corrected chi connectivity index (χ4v) is 2.89. The first-order valence-electron chi connectivity index (χ1n) is 6.80. The van der Waals surface area contributed by atoms with Crippen LogP contribution in [0.4, 0.5) is 13.2 Å². The molecule has 0 fully saturated rings. The maximum atomic E-state index is 12.6. The van der Waals surface area contributed by atoms with Crippen molar-refractivity contribution in [3.8, 4) is 22.8 Å². The second-order valence-corrected chi connectivity index (χ2v) is 6.30. The Bertz CT molecular complexity index is 889. The Morgan fingerprint density at radius 3 is 2.33 bits per heavy atom. The fraction of sp³-hybridized carbons (Fsp3) is 0.125. The summed E-state index contributed by atoms with van der Waals surface area (Å²) < 4.78 is 54.7. The predicted molar refractivity (Wildman–Crippen MR) is 82.5 cm³/mol. The van der Waals surface area contributed by atoms with E-state index >= 15 is 0 Å². The van der Waals surface area contributed by atoms with Crippen molar-refractivity contribution in [1.29, 1.82) is 0 Å². The zero-order chi connectivity index (χ0) is 17.3. The van der Waals surface area contributed by atoms with Crippen molar-refractivity contribution in [1.82, 2.24) is 10.1 Å². The highest BCUT2D eigenvalue weighted by molar-refractivity contribution is 7.84. The highest BCUT2D eigenvalue weighted by Crippen LogP contribution is 2.31. The molecule has 0 unspecified atom stereocenters. The van der Waals surface area contributed by atoms with Crippen LogP contribution >= 0.6 is 0 Å². The number of rotatable bonds is 3. The summed E-state index contributed by atoms with van der Waals surface area (Å²) in [6, 6.07) is 11.3. The van der Waals surface area contributed by atoms with Crippen LogP contribution in [0.25, 0.3) is 22.8 Å². The van der Waals surface area contributed by atoms with Crippen molar-refractivity contribution < 1.29 is 21.9 Å². The first kappa shape index (κ1) is 16.4. The molecule has 0 bridgehead atoms. The summed E-state index contributed by atoms with van der Waals surface area (Å²) in [6.07, 6.45) is -2.86. The molecule has 2 aromatic carbocycles. The fourth-order valence-electron chi connectivity index (χ4n) is 2.15. The van der Waals surface area contributed by atoms with Crippen molar-refractivity contribution in [2.24, 2.45) is 0 Å². The van der Waals surface area contributed by atoms with Gasteiger partial charge in [0.05, 0.1) is 26.8 Å². The van der Waals surface area contributed by atoms with Gasteiger partial charge in [-0.1, -0.05) is 29.4 Å². The number of halogens is 3. The summed E-state index contributed by atoms with van der Waals surface area (Å²) in [4.78, 5) is 4.73. The molecule has 24 heavy (non-hydrogen) atoms. The van der Waals surface area contributed by atoms with E-state index in [1.807, 2.05) is 0 Å². The lowest BCUT2D eigenvalue weighted by Crippen LogP contribution is -2.04. The van der Waals surface area contributed by atoms with Crippen LogP contribution in [0.3, 0.4) is 0 Å². The lowest BCUT2D eigenvalue weighted by Gasteiger charge is -2.05. The van der Waals surface area contributed by atoms with Crippen LogP contribution in [0, 0.1) is 0 Å². The van der Waals surface area contributed by atoms with E-state index in [1.165, 1.54) is 18.4 Å². The molecule has 0 aliphatic carbocycles. The van der Waals surface area contributed by atoms with Gasteiger partial charge < -0.3 is 4.52 Å². The summed E-state index contributed by atoms with van der Waals surface area (Å²) in [7, 11) is -1.24. The molecule has 0 aliphatic heterocycles. The number of hydrogen-bond donors (Lipinski definition) is 0. The molecule has 3 aromatic rings. The standard InChI is InChI=1S/C16H11F3N2O2S/c1-24(22)13-5-3-2-4-12(13)15-20-14(21-23-15)10-6-8-11(9-7-10)16(17,18)19/h2-9H,1H3/t24-/m1/s1. The highest BCUT2D eigenvalue weighted by atomic mass is 32.2. The lowest BCUT2D eigenvalue weighted by atomic mass is 10.1. The van der Waals surface area contributed by atoms with Gasteiger partial charge >= 0.3 is 6.18 Å². The largest absolute Gasteiger partial charge is 0.416 e. The summed E-state index contributed by atoms with van der Waals surface area (Å²) in [6.45, 7) is 0. The van der Waals surface area contributed by atoms with E-state index in [0.29, 0.717) is 16.0 Å². The molecule has 0 radical (unpaired) electrons. The van der Waals surface area contributed by atoms with Gasteiger partial charge in [-0.3, -0.25) is 4.21 Å². The molecule has 1 atom stereocenters. The van der Waals surface area contributed by atoms with Crippen LogP contribution in [-0.4, -0.2) is 20.6 Å². The monoisotopic (exact) mass is 352 g/mol. The molecule has 0 saturated carbocycles. The molecule has 1 heterocycles. The topological polar surface area (TPSA) is 56.0 Å². The van der Waals surface area contributed by atoms with E-state index in [9.17, 15) is 17.4 Å². The normalized spacial score (nSPS) is 13.0. The summed E-state index contributed by atoms with van der Waals surface area (Å²) in [5, 5.41) is 3.79. The first-order chi connectivity index (χ1) is 11.4. The molecule has 1 aromatic heterocycles. The Balaban J connectivity index is 1.96. The van der Waals surface area contributed by atoms with E-state index < -0.39 is 22.5 Å². The van der Waals surface area contributed by atoms with Crippen molar-refractivity contribution in [2.75, 3.05) is 6.26 Å². The first-order valence-corrected chi connectivity index (χ1v) is 8.36. The van der Waals surface area contributed by atoms with Gasteiger partial charge in [-0.25, -0.2) is 0 Å². The smallest absolute Gasteiger partial charge is 0.334 e. The number of alkyl halides is 3. The SMILES string of the molecule is C[S@@](=O)c1ccccc1-c1nc(-c2ccc(C(F)(F)F)cc2)no1. The number of hydrogen-bond acceptors (Lipinski definition) is 4. The van der Waals surface area contributed by atoms with E-state index in [2.05, 4.69) is 10.1 Å². The average Bonchev–Trinajstić information content (AvgIpc) is 3.04. The minimum atomic E-state index is -4.40. The summed E-state index contributed by atoms with van der Waals surface area (Å²) in [5.74, 6) is 0.325. The van der Waals surface area contributed by atoms with E-state index in [-0.39, 0.29) is 11.7 Å². The van der Waals surface area contributed by atoms with E-state index in [0.717, 1.165) is 12.1 Å². The number of aromatic nitrogens is 2. The number of benzene rings is 2. The van der Waals surface area contributed by atoms with Gasteiger partial charge in [0.1, 0.15) is 0 Å². The maximum absolute atomic E-state index is 12.6. The van der Waals surface area contributed by atoms with Crippen molar-refractivity contribution in [2.45, 2.75) is 11.1 Å². The minimum absolute atomic E-state index is 0.162. The highest BCUT2D eigenvalue weighted by Gasteiger charge is 2.30. The summed E-state index contributed by atoms with van der Waals surface area (Å²) in [5.41, 5.74) is 0.179. The molecule has 0 saturated heterocycles. The Morgan fingerprint density at radius 1 is 1.04 bits per heavy atom. The third-order valence-corrected chi connectivity index (χ3v) is 4.30. The maximum Gasteiger partial charge on any atom is 0.416 e. The van der Waals surface area contributed by atoms with Crippen LogP contribution in [0.15, 0.2) is 57.9 Å². The quantitative estimate of drug-likeness (QED) is 0.710. The van der Waals surface area contributed by atoms with Crippen molar-refractivity contribution in [3.63, 3.8) is 0 Å². The zero-order valence-corrected chi connectivity index (χ0v) is 13.2. The second kappa shape index (κ2) is 6.20. The number of nitrogens with zero attached hydrogens (tertiary/aromatic N) is 2. The average molecular weight is 352 g/mol. The Kier molecular flexibility index (Phi) is 4.23. The molecule has 4 nitrogen and oxygen atoms in total. The molecular weight excluding hydrogens is 341 g/mol. The van der Waals surface area contributed by atoms with Gasteiger partial charge in [-0.05, 0) is 24.3 Å². The van der Waals surface area contributed by atoms with Crippen molar-refractivity contribution in [3.05, 3.63) is 54.1 Å². The molecule has 0 amide bonds. The molecule has 0 spiro atoms. The molecule has 3 rings (SSSR count). The second-order valence-electron chi connectivity index (χ2n) is 4.95. The van der Waals surface area contributed by atoms with Gasteiger partial charge in [-0.2, -0.15) is 18.2 Å². The molecule has 0 N–H and O–H groups in total. The third-order valence-electron chi connectivity index (χ3n) is 3.32. The van der Waals surface area contributed by atoms with Crippen LogP contribution in [-0.2, 0) is 17.0 Å². The Hall–Kier alpha value is -2.48. The molecular formula is C16H11F3N2O2S. The van der Waals surface area contributed by atoms with Crippen LogP contribution in [0.1, 0.15) is 5.56 Å². The molecule has 8 heteroatoms. The van der Waals surface area contributed by atoms with Gasteiger partial charge in [0.2, 0.25) is 5.82 Å². The Labute approximate surface area is 137 Å². The van der Waals surface area contributed by atoms with Crippen molar-refractivity contribution >= 4 is 10.8 Å². The van der Waals surface area contributed by atoms with Gasteiger partial charge in [0.15, 0.2) is 0 Å². The Morgan fingerprint density at radius 2 is 1.71 bits per heavy atom. The third kappa shape index (κ3) is 3.23. The van der Waals surface area contributed by atoms with Crippen LogP contribution in [0.5, 0.6) is 0 Å². The van der Waals surface area contributed by atoms with Gasteiger partial charge in [0, 0.05) is 11.8 Å². The minimum Gasteiger partial charge on any atom is -0.334 e. The van der Waals surface area contributed by atoms with E-state index in [1.54, 1.807) is 24.3 Å². The van der Waals surface area contributed by atoms with Crippen LogP contribution < -0.4 is 0 Å². The molecule has 0 aliphatic rings. The van der Waals surface area contributed by atoms with E-state index in [4.69, 9.17) is 4.52 Å². The lowest BCUT2D eigenvalue weighted by molar-refractivity contribution is -0.137. The predicted octanol–water partition coefficient (Wildman–Crippen LogP) is 4.16. The van der Waals surface area contributed by atoms with Gasteiger partial charge in [-0.15, -0.1) is 0 Å². The zero-order valence-electron chi connectivity index (χ0n) is 12.4.